The predicted molar refractivity (Wildman–Crippen MR) is 104 cm³/mol. The van der Waals surface area contributed by atoms with Gasteiger partial charge in [0.15, 0.2) is 0 Å². The van der Waals surface area contributed by atoms with Gasteiger partial charge in [-0.2, -0.15) is 0 Å². The van der Waals surface area contributed by atoms with Crippen LogP contribution in [-0.4, -0.2) is 16.5 Å². The molecule has 2 aromatic heterocycles. The number of para-hydroxylation sites is 2. The number of H-pyrrole nitrogens is 1. The highest BCUT2D eigenvalue weighted by Gasteiger charge is 2.17. The number of nitrogens with two attached hydrogens (primary N) is 1. The largest absolute Gasteiger partial charge is 0.351 e. The molecule has 0 aliphatic heterocycles. The van der Waals surface area contributed by atoms with Crippen LogP contribution in [0.5, 0.6) is 0 Å². The Kier molecular flexibility index (Phi) is 4.27. The van der Waals surface area contributed by atoms with Crippen molar-refractivity contribution in [2.24, 2.45) is 5.73 Å². The molecule has 0 spiro atoms. The molecule has 0 unspecified atom stereocenters. The first kappa shape index (κ1) is 15.6. The van der Waals surface area contributed by atoms with Gasteiger partial charge in [0.05, 0.1) is 26.4 Å². The van der Waals surface area contributed by atoms with Crippen LogP contribution >= 0.6 is 22.9 Å². The molecule has 0 aliphatic rings. The molecule has 0 aliphatic carbocycles. The molecule has 2 aromatic carbocycles. The number of hydrogen-bond donors (Lipinski definition) is 2. The van der Waals surface area contributed by atoms with Gasteiger partial charge in [-0.25, -0.2) is 4.98 Å². The summed E-state index contributed by atoms with van der Waals surface area (Å²) in [5.41, 5.74) is 10.1. The second kappa shape index (κ2) is 6.55. The fourth-order valence-corrected chi connectivity index (χ4v) is 4.32. The Morgan fingerprint density at radius 2 is 1.96 bits per heavy atom. The van der Waals surface area contributed by atoms with E-state index in [0.29, 0.717) is 0 Å². The number of benzene rings is 2. The third-order valence-electron chi connectivity index (χ3n) is 4.28. The molecule has 4 rings (SSSR count). The molecule has 0 saturated carbocycles. The number of halogens is 1. The highest BCUT2D eigenvalue weighted by atomic mass is 35.5. The lowest BCUT2D eigenvalue weighted by atomic mass is 10.0. The number of hydrogen-bond acceptors (Lipinski definition) is 3. The van der Waals surface area contributed by atoms with E-state index in [1.807, 2.05) is 18.2 Å². The summed E-state index contributed by atoms with van der Waals surface area (Å²) < 4.78 is 1.20. The zero-order chi connectivity index (χ0) is 16.5. The van der Waals surface area contributed by atoms with Crippen LogP contribution in [0.1, 0.15) is 18.4 Å². The average Bonchev–Trinajstić information content (AvgIpc) is 3.17. The van der Waals surface area contributed by atoms with Crippen LogP contribution in [0.2, 0.25) is 5.02 Å². The zero-order valence-electron chi connectivity index (χ0n) is 13.2. The van der Waals surface area contributed by atoms with Gasteiger partial charge < -0.3 is 10.7 Å². The van der Waals surface area contributed by atoms with E-state index in [9.17, 15) is 0 Å². The van der Waals surface area contributed by atoms with Gasteiger partial charge in [-0.05, 0) is 49.6 Å². The Hall–Kier alpha value is -1.88. The quantitative estimate of drug-likeness (QED) is 0.472. The van der Waals surface area contributed by atoms with Crippen LogP contribution in [-0.2, 0) is 6.42 Å². The molecule has 0 bridgehead atoms. The molecule has 4 aromatic rings. The monoisotopic (exact) mass is 355 g/mol. The SMILES string of the molecule is NCCCCc1c(-c2nc3ccccc3s2)[nH]c2c(Cl)cccc12. The fraction of sp³-hybridized carbons (Fsp3) is 0.211. The lowest BCUT2D eigenvalue weighted by Gasteiger charge is -2.02. The minimum atomic E-state index is 0.722. The lowest BCUT2D eigenvalue weighted by molar-refractivity contribution is 0.748. The van der Waals surface area contributed by atoms with Gasteiger partial charge in [0.2, 0.25) is 0 Å². The highest BCUT2D eigenvalue weighted by Crippen LogP contribution is 2.37. The summed E-state index contributed by atoms with van der Waals surface area (Å²) in [6, 6.07) is 14.3. The van der Waals surface area contributed by atoms with Crippen LogP contribution < -0.4 is 5.73 Å². The Bertz CT molecular complexity index is 969. The molecule has 3 N–H and O–H groups in total. The van der Waals surface area contributed by atoms with E-state index in [1.54, 1.807) is 11.3 Å². The number of nitrogens with one attached hydrogen (secondary N) is 1. The fourth-order valence-electron chi connectivity index (χ4n) is 3.11. The van der Waals surface area contributed by atoms with Crippen molar-refractivity contribution in [3.05, 3.63) is 53.1 Å². The smallest absolute Gasteiger partial charge is 0.141 e. The molecule has 122 valence electrons. The first-order valence-corrected chi connectivity index (χ1v) is 9.32. The molecule has 24 heavy (non-hydrogen) atoms. The maximum atomic E-state index is 6.40. The number of aromatic nitrogens is 2. The van der Waals surface area contributed by atoms with Crippen molar-refractivity contribution in [3.63, 3.8) is 0 Å². The summed E-state index contributed by atoms with van der Waals surface area (Å²) >= 11 is 8.12. The highest BCUT2D eigenvalue weighted by molar-refractivity contribution is 7.21. The number of thiazole rings is 1. The summed E-state index contributed by atoms with van der Waals surface area (Å²) in [5, 5.41) is 2.96. The second-order valence-corrected chi connectivity index (χ2v) is 7.31. The number of aryl methyl sites for hydroxylation is 1. The van der Waals surface area contributed by atoms with Crippen LogP contribution in [0.25, 0.3) is 31.8 Å². The minimum absolute atomic E-state index is 0.722. The summed E-state index contributed by atoms with van der Waals surface area (Å²) in [6.07, 6.45) is 3.06. The standard InChI is InChI=1S/C19H18ClN3S/c20-14-8-5-7-12-13(6-3-4-11-21)18(23-17(12)14)19-22-15-9-1-2-10-16(15)24-19/h1-2,5,7-10,23H,3-4,6,11,21H2. The van der Waals surface area contributed by atoms with Crippen LogP contribution in [0.3, 0.4) is 0 Å². The number of nitrogens with zero attached hydrogens (tertiary/aromatic N) is 1. The molecule has 0 amide bonds. The molecule has 0 fully saturated rings. The molecule has 5 heteroatoms. The Morgan fingerprint density at radius 1 is 1.08 bits per heavy atom. The summed E-state index contributed by atoms with van der Waals surface area (Å²) in [4.78, 5) is 8.34. The third-order valence-corrected chi connectivity index (χ3v) is 5.65. The number of rotatable bonds is 5. The maximum Gasteiger partial charge on any atom is 0.141 e. The zero-order valence-corrected chi connectivity index (χ0v) is 14.8. The predicted octanol–water partition coefficient (Wildman–Crippen LogP) is 5.38. The van der Waals surface area contributed by atoms with Crippen molar-refractivity contribution in [2.75, 3.05) is 6.54 Å². The number of aromatic amines is 1. The average molecular weight is 356 g/mol. The van der Waals surface area contributed by atoms with Gasteiger partial charge in [0.1, 0.15) is 5.01 Å². The molecule has 0 atom stereocenters. The van der Waals surface area contributed by atoms with E-state index < -0.39 is 0 Å². The van der Waals surface area contributed by atoms with E-state index in [4.69, 9.17) is 22.3 Å². The second-order valence-electron chi connectivity index (χ2n) is 5.87. The number of fused-ring (bicyclic) bond motifs is 2. The van der Waals surface area contributed by atoms with Crippen molar-refractivity contribution >= 4 is 44.1 Å². The normalized spacial score (nSPS) is 11.6. The van der Waals surface area contributed by atoms with E-state index in [2.05, 4.69) is 29.2 Å². The first-order chi connectivity index (χ1) is 11.8. The summed E-state index contributed by atoms with van der Waals surface area (Å²) in [6.45, 7) is 0.722. The topological polar surface area (TPSA) is 54.7 Å². The van der Waals surface area contributed by atoms with E-state index >= 15 is 0 Å². The van der Waals surface area contributed by atoms with Crippen molar-refractivity contribution in [2.45, 2.75) is 19.3 Å². The molecule has 0 saturated heterocycles. The molecule has 2 heterocycles. The van der Waals surface area contributed by atoms with Crippen molar-refractivity contribution in [1.29, 1.82) is 0 Å². The Morgan fingerprint density at radius 3 is 2.79 bits per heavy atom. The molecular weight excluding hydrogens is 338 g/mol. The molecule has 3 nitrogen and oxygen atoms in total. The van der Waals surface area contributed by atoms with Gasteiger partial charge in [0, 0.05) is 5.39 Å². The maximum absolute atomic E-state index is 6.40. The molecular formula is C19H18ClN3S. The van der Waals surface area contributed by atoms with Crippen LogP contribution in [0, 0.1) is 0 Å². The Balaban J connectivity index is 1.89. The summed E-state index contributed by atoms with van der Waals surface area (Å²) in [7, 11) is 0. The number of unbranched alkanes of at least 4 members (excludes halogenated alkanes) is 1. The van der Waals surface area contributed by atoms with Crippen LogP contribution in [0.15, 0.2) is 42.5 Å². The van der Waals surface area contributed by atoms with E-state index in [0.717, 1.165) is 52.6 Å². The van der Waals surface area contributed by atoms with E-state index in [-0.39, 0.29) is 0 Å². The first-order valence-electron chi connectivity index (χ1n) is 8.13. The van der Waals surface area contributed by atoms with Crippen molar-refractivity contribution < 1.29 is 0 Å². The van der Waals surface area contributed by atoms with Gasteiger partial charge in [-0.1, -0.05) is 35.9 Å². The van der Waals surface area contributed by atoms with Crippen molar-refractivity contribution in [3.8, 4) is 10.7 Å². The molecule has 0 radical (unpaired) electrons. The lowest BCUT2D eigenvalue weighted by Crippen LogP contribution is -1.99. The Labute approximate surface area is 149 Å². The van der Waals surface area contributed by atoms with Crippen LogP contribution in [0.4, 0.5) is 0 Å². The van der Waals surface area contributed by atoms with E-state index in [1.165, 1.54) is 15.6 Å². The van der Waals surface area contributed by atoms with Gasteiger partial charge in [-0.15, -0.1) is 11.3 Å². The third kappa shape index (κ3) is 2.71. The van der Waals surface area contributed by atoms with Gasteiger partial charge in [-0.3, -0.25) is 0 Å². The minimum Gasteiger partial charge on any atom is -0.351 e. The summed E-state index contributed by atoms with van der Waals surface area (Å²) in [5.74, 6) is 0. The van der Waals surface area contributed by atoms with Gasteiger partial charge >= 0.3 is 0 Å². The van der Waals surface area contributed by atoms with Crippen molar-refractivity contribution in [1.82, 2.24) is 9.97 Å². The van der Waals surface area contributed by atoms with Gasteiger partial charge in [0.25, 0.3) is 0 Å².